The second-order valence-corrected chi connectivity index (χ2v) is 5.02. The van der Waals surface area contributed by atoms with E-state index < -0.39 is 11.8 Å². The fraction of sp³-hybridized carbons (Fsp3) is 0.500. The zero-order valence-electron chi connectivity index (χ0n) is 11.0. The van der Waals surface area contributed by atoms with Crippen LogP contribution in [-0.2, 0) is 0 Å². The summed E-state index contributed by atoms with van der Waals surface area (Å²) in [7, 11) is 0. The zero-order valence-corrected chi connectivity index (χ0v) is 11.0. The third kappa shape index (κ3) is 4.35. The van der Waals surface area contributed by atoms with E-state index in [2.05, 4.69) is 19.2 Å². The minimum Gasteiger partial charge on any atom is -0.478 e. The second kappa shape index (κ2) is 6.38. The van der Waals surface area contributed by atoms with Crippen LogP contribution in [0.4, 0.5) is 10.1 Å². The number of hydrogen-bond donors (Lipinski definition) is 2. The third-order valence-electron chi connectivity index (χ3n) is 2.79. The molecule has 0 fully saturated rings. The van der Waals surface area contributed by atoms with Gasteiger partial charge in [0, 0.05) is 11.7 Å². The highest BCUT2D eigenvalue weighted by molar-refractivity contribution is 5.89. The predicted octanol–water partition coefficient (Wildman–Crippen LogP) is 3.76. The lowest BCUT2D eigenvalue weighted by Gasteiger charge is -2.16. The number of aromatic carboxylic acids is 1. The summed E-state index contributed by atoms with van der Waals surface area (Å²) in [5, 5.41) is 12.0. The van der Waals surface area contributed by atoms with Crippen molar-refractivity contribution < 1.29 is 14.3 Å². The normalized spacial score (nSPS) is 12.5. The Labute approximate surface area is 107 Å². The summed E-state index contributed by atoms with van der Waals surface area (Å²) in [4.78, 5) is 10.8. The van der Waals surface area contributed by atoms with Gasteiger partial charge >= 0.3 is 5.97 Å². The SMILES string of the molecule is CC(C)CCC(C)Nc1ccc(F)c(C(=O)O)c1. The fourth-order valence-electron chi connectivity index (χ4n) is 1.72. The number of benzene rings is 1. The van der Waals surface area contributed by atoms with E-state index in [1.54, 1.807) is 6.07 Å². The fourth-order valence-corrected chi connectivity index (χ4v) is 1.72. The van der Waals surface area contributed by atoms with Gasteiger partial charge in [0.05, 0.1) is 5.56 Å². The van der Waals surface area contributed by atoms with E-state index in [0.29, 0.717) is 11.6 Å². The molecule has 0 radical (unpaired) electrons. The van der Waals surface area contributed by atoms with Crippen molar-refractivity contribution >= 4 is 11.7 Å². The van der Waals surface area contributed by atoms with Gasteiger partial charge in [-0.05, 0) is 43.9 Å². The first kappa shape index (κ1) is 14.5. The number of nitrogens with one attached hydrogen (secondary N) is 1. The Kier molecular flexibility index (Phi) is 5.13. The summed E-state index contributed by atoms with van der Waals surface area (Å²) >= 11 is 0. The predicted molar refractivity (Wildman–Crippen MR) is 70.5 cm³/mol. The molecule has 1 atom stereocenters. The summed E-state index contributed by atoms with van der Waals surface area (Å²) in [5.74, 6) is -1.31. The van der Waals surface area contributed by atoms with Gasteiger partial charge in [-0.15, -0.1) is 0 Å². The first-order chi connectivity index (χ1) is 8.40. The monoisotopic (exact) mass is 253 g/mol. The summed E-state index contributed by atoms with van der Waals surface area (Å²) in [6, 6.07) is 4.32. The summed E-state index contributed by atoms with van der Waals surface area (Å²) in [6.45, 7) is 6.35. The molecule has 0 spiro atoms. The molecule has 18 heavy (non-hydrogen) atoms. The van der Waals surface area contributed by atoms with Gasteiger partial charge in [0.1, 0.15) is 5.82 Å². The molecule has 0 aliphatic rings. The van der Waals surface area contributed by atoms with Crippen molar-refractivity contribution in [3.05, 3.63) is 29.6 Å². The Morgan fingerprint density at radius 1 is 1.33 bits per heavy atom. The highest BCUT2D eigenvalue weighted by Gasteiger charge is 2.11. The molecule has 0 saturated carbocycles. The van der Waals surface area contributed by atoms with Gasteiger partial charge in [0.2, 0.25) is 0 Å². The van der Waals surface area contributed by atoms with Crippen LogP contribution in [0.15, 0.2) is 18.2 Å². The van der Waals surface area contributed by atoms with Gasteiger partial charge in [0.15, 0.2) is 0 Å². The molecule has 4 heteroatoms. The molecule has 0 heterocycles. The van der Waals surface area contributed by atoms with Crippen LogP contribution < -0.4 is 5.32 Å². The Hall–Kier alpha value is -1.58. The molecule has 0 aliphatic carbocycles. The summed E-state index contributed by atoms with van der Waals surface area (Å²) < 4.78 is 13.2. The van der Waals surface area contributed by atoms with Gasteiger partial charge in [-0.3, -0.25) is 0 Å². The molecule has 2 N–H and O–H groups in total. The van der Waals surface area contributed by atoms with Gasteiger partial charge in [0.25, 0.3) is 0 Å². The van der Waals surface area contributed by atoms with Crippen LogP contribution in [0.1, 0.15) is 44.0 Å². The average molecular weight is 253 g/mol. The molecule has 100 valence electrons. The molecule has 1 rings (SSSR count). The van der Waals surface area contributed by atoms with Crippen molar-refractivity contribution in [2.45, 2.75) is 39.7 Å². The van der Waals surface area contributed by atoms with Crippen molar-refractivity contribution in [3.63, 3.8) is 0 Å². The highest BCUT2D eigenvalue weighted by atomic mass is 19.1. The quantitative estimate of drug-likeness (QED) is 0.811. The van der Waals surface area contributed by atoms with E-state index in [9.17, 15) is 9.18 Å². The van der Waals surface area contributed by atoms with E-state index in [-0.39, 0.29) is 11.6 Å². The van der Waals surface area contributed by atoms with Crippen LogP contribution in [0.5, 0.6) is 0 Å². The molecular weight excluding hydrogens is 233 g/mol. The van der Waals surface area contributed by atoms with E-state index in [4.69, 9.17) is 5.11 Å². The first-order valence-corrected chi connectivity index (χ1v) is 6.19. The number of rotatable bonds is 6. The maximum absolute atomic E-state index is 13.2. The van der Waals surface area contributed by atoms with Crippen molar-refractivity contribution in [1.29, 1.82) is 0 Å². The second-order valence-electron chi connectivity index (χ2n) is 5.02. The zero-order chi connectivity index (χ0) is 13.7. The molecule has 3 nitrogen and oxygen atoms in total. The average Bonchev–Trinajstić information content (AvgIpc) is 2.28. The van der Waals surface area contributed by atoms with Gasteiger partial charge < -0.3 is 10.4 Å². The van der Waals surface area contributed by atoms with Crippen molar-refractivity contribution in [1.82, 2.24) is 0 Å². The lowest BCUT2D eigenvalue weighted by molar-refractivity contribution is 0.0692. The molecule has 0 aliphatic heterocycles. The van der Waals surface area contributed by atoms with Crippen LogP contribution >= 0.6 is 0 Å². The van der Waals surface area contributed by atoms with E-state index >= 15 is 0 Å². The van der Waals surface area contributed by atoms with Crippen LogP contribution in [0, 0.1) is 11.7 Å². The van der Waals surface area contributed by atoms with Crippen molar-refractivity contribution in [2.24, 2.45) is 5.92 Å². The minimum atomic E-state index is -1.24. The Morgan fingerprint density at radius 2 is 2.00 bits per heavy atom. The lowest BCUT2D eigenvalue weighted by Crippen LogP contribution is -2.16. The molecule has 1 unspecified atom stereocenters. The number of hydrogen-bond acceptors (Lipinski definition) is 2. The standard InChI is InChI=1S/C14H20FNO2/c1-9(2)4-5-10(3)16-11-6-7-13(15)12(8-11)14(17)18/h6-10,16H,4-5H2,1-3H3,(H,17,18). The van der Waals surface area contributed by atoms with E-state index in [1.165, 1.54) is 12.1 Å². The van der Waals surface area contributed by atoms with Gasteiger partial charge in [-0.25, -0.2) is 9.18 Å². The molecule has 0 aromatic heterocycles. The Morgan fingerprint density at radius 3 is 2.56 bits per heavy atom. The van der Waals surface area contributed by atoms with Crippen molar-refractivity contribution in [3.8, 4) is 0 Å². The van der Waals surface area contributed by atoms with Crippen LogP contribution in [0.25, 0.3) is 0 Å². The lowest BCUT2D eigenvalue weighted by atomic mass is 10.0. The maximum Gasteiger partial charge on any atom is 0.338 e. The Bertz CT molecular complexity index is 418. The summed E-state index contributed by atoms with van der Waals surface area (Å²) in [6.07, 6.45) is 2.10. The number of carbonyl (C=O) groups is 1. The Balaban J connectivity index is 2.67. The van der Waals surface area contributed by atoms with Crippen LogP contribution in [-0.4, -0.2) is 17.1 Å². The number of carboxylic acid groups (broad SMARTS) is 1. The van der Waals surface area contributed by atoms with E-state index in [1.807, 2.05) is 6.92 Å². The molecule has 0 amide bonds. The minimum absolute atomic E-state index is 0.236. The summed E-state index contributed by atoms with van der Waals surface area (Å²) in [5.41, 5.74) is 0.348. The van der Waals surface area contributed by atoms with Crippen molar-refractivity contribution in [2.75, 3.05) is 5.32 Å². The van der Waals surface area contributed by atoms with E-state index in [0.717, 1.165) is 12.8 Å². The van der Waals surface area contributed by atoms with Gasteiger partial charge in [-0.1, -0.05) is 13.8 Å². The van der Waals surface area contributed by atoms with Crippen LogP contribution in [0.3, 0.4) is 0 Å². The number of anilines is 1. The van der Waals surface area contributed by atoms with Crippen LogP contribution in [0.2, 0.25) is 0 Å². The number of halogens is 1. The molecule has 1 aromatic carbocycles. The third-order valence-corrected chi connectivity index (χ3v) is 2.79. The molecule has 1 aromatic rings. The topological polar surface area (TPSA) is 49.3 Å². The number of carboxylic acids is 1. The molecule has 0 saturated heterocycles. The largest absolute Gasteiger partial charge is 0.478 e. The first-order valence-electron chi connectivity index (χ1n) is 6.19. The molecular formula is C14H20FNO2. The maximum atomic E-state index is 13.2. The molecule has 0 bridgehead atoms. The van der Waals surface area contributed by atoms with Gasteiger partial charge in [-0.2, -0.15) is 0 Å². The highest BCUT2D eigenvalue weighted by Crippen LogP contribution is 2.17. The smallest absolute Gasteiger partial charge is 0.338 e.